The van der Waals surface area contributed by atoms with E-state index in [0.717, 1.165) is 19.6 Å². The summed E-state index contributed by atoms with van der Waals surface area (Å²) in [5, 5.41) is 3.37. The van der Waals surface area contributed by atoms with Crippen LogP contribution in [0, 0.1) is 5.41 Å². The van der Waals surface area contributed by atoms with Crippen LogP contribution in [0.3, 0.4) is 0 Å². The van der Waals surface area contributed by atoms with E-state index in [1.807, 2.05) is 0 Å². The van der Waals surface area contributed by atoms with E-state index in [2.05, 4.69) is 46.9 Å². The summed E-state index contributed by atoms with van der Waals surface area (Å²) in [4.78, 5) is 0. The topological polar surface area (TPSA) is 49.0 Å². The molecular formula is C18H39NO4. The molecule has 0 saturated carbocycles. The van der Waals surface area contributed by atoms with Gasteiger partial charge in [-0.05, 0) is 32.6 Å². The van der Waals surface area contributed by atoms with Gasteiger partial charge < -0.3 is 24.3 Å². The van der Waals surface area contributed by atoms with Crippen molar-refractivity contribution in [3.05, 3.63) is 0 Å². The fraction of sp³-hybridized carbons (Fsp3) is 1.00. The second-order valence-electron chi connectivity index (χ2n) is 7.94. The first-order valence-electron chi connectivity index (χ1n) is 8.77. The molecule has 23 heavy (non-hydrogen) atoms. The average molecular weight is 334 g/mol. The summed E-state index contributed by atoms with van der Waals surface area (Å²) in [5.41, 5.74) is 0.479. The zero-order valence-electron chi connectivity index (χ0n) is 16.2. The molecule has 0 aliphatic carbocycles. The Morgan fingerprint density at radius 3 is 1.35 bits per heavy atom. The van der Waals surface area contributed by atoms with E-state index < -0.39 is 0 Å². The summed E-state index contributed by atoms with van der Waals surface area (Å²) >= 11 is 0. The summed E-state index contributed by atoms with van der Waals surface area (Å²) < 4.78 is 21.9. The number of hydrogen-bond donors (Lipinski definition) is 1. The van der Waals surface area contributed by atoms with Gasteiger partial charge in [0.15, 0.2) is 0 Å². The molecule has 0 aromatic carbocycles. The lowest BCUT2D eigenvalue weighted by Crippen LogP contribution is -2.38. The molecule has 0 atom stereocenters. The smallest absolute Gasteiger partial charge is 0.0701 e. The highest BCUT2D eigenvalue weighted by molar-refractivity contribution is 4.69. The van der Waals surface area contributed by atoms with Gasteiger partial charge in [-0.15, -0.1) is 0 Å². The van der Waals surface area contributed by atoms with Crippen molar-refractivity contribution in [2.75, 3.05) is 59.4 Å². The van der Waals surface area contributed by atoms with Crippen LogP contribution in [0.2, 0.25) is 0 Å². The van der Waals surface area contributed by atoms with Gasteiger partial charge in [0.2, 0.25) is 0 Å². The lowest BCUT2D eigenvalue weighted by molar-refractivity contribution is -0.00397. The Morgan fingerprint density at radius 2 is 0.957 bits per heavy atom. The van der Waals surface area contributed by atoms with Crippen LogP contribution < -0.4 is 5.32 Å². The van der Waals surface area contributed by atoms with Crippen molar-refractivity contribution in [3.8, 4) is 0 Å². The van der Waals surface area contributed by atoms with E-state index in [0.29, 0.717) is 51.7 Å². The van der Waals surface area contributed by atoms with Gasteiger partial charge >= 0.3 is 0 Å². The van der Waals surface area contributed by atoms with Crippen molar-refractivity contribution < 1.29 is 18.9 Å². The molecule has 0 fully saturated rings. The van der Waals surface area contributed by atoms with Gasteiger partial charge in [0, 0.05) is 18.7 Å². The summed E-state index contributed by atoms with van der Waals surface area (Å²) in [6.07, 6.45) is 1.07. The molecule has 140 valence electrons. The second-order valence-corrected chi connectivity index (χ2v) is 7.94. The molecule has 0 aliphatic heterocycles. The van der Waals surface area contributed by atoms with Crippen molar-refractivity contribution in [2.24, 2.45) is 5.41 Å². The summed E-state index contributed by atoms with van der Waals surface area (Å²) in [6.45, 7) is 19.2. The van der Waals surface area contributed by atoms with Crippen LogP contribution >= 0.6 is 0 Å². The van der Waals surface area contributed by atoms with Gasteiger partial charge in [0.1, 0.15) is 0 Å². The maximum absolute atomic E-state index is 5.52. The molecule has 0 amide bonds. The van der Waals surface area contributed by atoms with Gasteiger partial charge in [-0.2, -0.15) is 0 Å². The third kappa shape index (κ3) is 21.8. The SMILES string of the molecule is CC(C)(C)CCOCCOCCOCCOCCNC(C)(C)C. The Hall–Kier alpha value is -0.200. The first-order chi connectivity index (χ1) is 10.7. The summed E-state index contributed by atoms with van der Waals surface area (Å²) in [7, 11) is 0. The number of rotatable bonds is 14. The van der Waals surface area contributed by atoms with E-state index >= 15 is 0 Å². The van der Waals surface area contributed by atoms with E-state index in [-0.39, 0.29) is 5.54 Å². The molecule has 0 saturated heterocycles. The molecule has 1 N–H and O–H groups in total. The van der Waals surface area contributed by atoms with Crippen LogP contribution in [-0.4, -0.2) is 64.9 Å². The minimum Gasteiger partial charge on any atom is -0.379 e. The zero-order valence-corrected chi connectivity index (χ0v) is 16.2. The highest BCUT2D eigenvalue weighted by Crippen LogP contribution is 2.17. The highest BCUT2D eigenvalue weighted by atomic mass is 16.6. The number of hydrogen-bond acceptors (Lipinski definition) is 5. The number of nitrogens with one attached hydrogen (secondary N) is 1. The zero-order chi connectivity index (χ0) is 17.6. The van der Waals surface area contributed by atoms with E-state index in [4.69, 9.17) is 18.9 Å². The van der Waals surface area contributed by atoms with Crippen molar-refractivity contribution in [2.45, 2.75) is 53.5 Å². The Morgan fingerprint density at radius 1 is 0.565 bits per heavy atom. The van der Waals surface area contributed by atoms with E-state index in [9.17, 15) is 0 Å². The quantitative estimate of drug-likeness (QED) is 0.495. The molecule has 0 aromatic heterocycles. The predicted molar refractivity (Wildman–Crippen MR) is 95.1 cm³/mol. The lowest BCUT2D eigenvalue weighted by Gasteiger charge is -2.20. The van der Waals surface area contributed by atoms with Gasteiger partial charge in [-0.3, -0.25) is 0 Å². The molecule has 0 unspecified atom stereocenters. The van der Waals surface area contributed by atoms with Crippen LogP contribution in [0.5, 0.6) is 0 Å². The van der Waals surface area contributed by atoms with Crippen molar-refractivity contribution >= 4 is 0 Å². The molecule has 0 rings (SSSR count). The monoisotopic (exact) mass is 333 g/mol. The molecule has 0 aliphatic rings. The van der Waals surface area contributed by atoms with E-state index in [1.165, 1.54) is 0 Å². The highest BCUT2D eigenvalue weighted by Gasteiger charge is 2.09. The van der Waals surface area contributed by atoms with Gasteiger partial charge in [-0.25, -0.2) is 0 Å². The van der Waals surface area contributed by atoms with E-state index in [1.54, 1.807) is 0 Å². The van der Waals surface area contributed by atoms with Gasteiger partial charge in [-0.1, -0.05) is 20.8 Å². The van der Waals surface area contributed by atoms with Crippen LogP contribution in [0.4, 0.5) is 0 Å². The Bertz CT molecular complexity index is 233. The molecule has 0 heterocycles. The molecule has 0 bridgehead atoms. The third-order valence-corrected chi connectivity index (χ3v) is 3.01. The van der Waals surface area contributed by atoms with Crippen molar-refractivity contribution in [3.63, 3.8) is 0 Å². The molecule has 0 radical (unpaired) electrons. The second kappa shape index (κ2) is 13.1. The Balaban J connectivity index is 3.08. The fourth-order valence-corrected chi connectivity index (χ4v) is 1.64. The maximum atomic E-state index is 5.52. The summed E-state index contributed by atoms with van der Waals surface area (Å²) in [5.74, 6) is 0. The first-order valence-corrected chi connectivity index (χ1v) is 8.77. The molecular weight excluding hydrogens is 294 g/mol. The van der Waals surface area contributed by atoms with Gasteiger partial charge in [0.05, 0.1) is 46.2 Å². The predicted octanol–water partition coefficient (Wildman–Crippen LogP) is 2.88. The standard InChI is InChI=1S/C18H39NO4/c1-17(2,3)7-9-20-11-13-22-15-16-23-14-12-21-10-8-19-18(4,5)6/h19H,7-16H2,1-6H3. The van der Waals surface area contributed by atoms with Crippen molar-refractivity contribution in [1.82, 2.24) is 5.32 Å². The fourth-order valence-electron chi connectivity index (χ4n) is 1.64. The Kier molecular flexibility index (Phi) is 13.0. The lowest BCUT2D eigenvalue weighted by atomic mass is 9.93. The summed E-state index contributed by atoms with van der Waals surface area (Å²) in [6, 6.07) is 0. The molecule has 5 heteroatoms. The average Bonchev–Trinajstić information content (AvgIpc) is 2.40. The number of ether oxygens (including phenoxy) is 4. The van der Waals surface area contributed by atoms with Crippen LogP contribution in [0.1, 0.15) is 48.0 Å². The minimum atomic E-state index is 0.146. The molecule has 0 aromatic rings. The molecule has 0 spiro atoms. The molecule has 5 nitrogen and oxygen atoms in total. The van der Waals surface area contributed by atoms with Crippen LogP contribution in [0.25, 0.3) is 0 Å². The van der Waals surface area contributed by atoms with Crippen LogP contribution in [0.15, 0.2) is 0 Å². The third-order valence-electron chi connectivity index (χ3n) is 3.01. The maximum Gasteiger partial charge on any atom is 0.0701 e. The Labute approximate surface area is 143 Å². The minimum absolute atomic E-state index is 0.146. The largest absolute Gasteiger partial charge is 0.379 e. The van der Waals surface area contributed by atoms with Crippen LogP contribution in [-0.2, 0) is 18.9 Å². The first kappa shape index (κ1) is 22.8. The van der Waals surface area contributed by atoms with Gasteiger partial charge in [0.25, 0.3) is 0 Å². The normalized spacial score (nSPS) is 12.8. The van der Waals surface area contributed by atoms with Crippen molar-refractivity contribution in [1.29, 1.82) is 0 Å².